The van der Waals surface area contributed by atoms with E-state index in [0.29, 0.717) is 0 Å². The fourth-order valence-electron chi connectivity index (χ4n) is 1.06. The van der Waals surface area contributed by atoms with E-state index in [1.807, 2.05) is 33.9 Å². The Labute approximate surface area is 104 Å². The number of allylic oxidation sites excluding steroid dienone is 1. The summed E-state index contributed by atoms with van der Waals surface area (Å²) in [6.45, 7) is 13.2. The van der Waals surface area contributed by atoms with Crippen molar-refractivity contribution in [1.29, 1.82) is 0 Å². The number of rotatable bonds is 7. The van der Waals surface area contributed by atoms with Crippen LogP contribution in [0, 0.1) is 0 Å². The molecule has 0 radical (unpaired) electrons. The van der Waals surface area contributed by atoms with Gasteiger partial charge in [0.15, 0.2) is 0 Å². The summed E-state index contributed by atoms with van der Waals surface area (Å²) in [6.07, 6.45) is 8.10. The first-order valence-electron chi connectivity index (χ1n) is 6.99. The van der Waals surface area contributed by atoms with E-state index in [2.05, 4.69) is 19.2 Å². The topological polar surface area (TPSA) is 38.0 Å². The molecule has 2 nitrogen and oxygen atoms in total. The Morgan fingerprint density at radius 1 is 1.00 bits per heavy atom. The third-order valence-electron chi connectivity index (χ3n) is 1.81. The van der Waals surface area contributed by atoms with Crippen molar-refractivity contribution in [3.8, 4) is 0 Å². The molecule has 0 atom stereocenters. The van der Waals surface area contributed by atoms with E-state index in [1.165, 1.54) is 25.7 Å². The zero-order chi connectivity index (χ0) is 13.2. The summed E-state index contributed by atoms with van der Waals surface area (Å²) in [5.41, 5.74) is 6.72. The Kier molecular flexibility index (Phi) is 30.9. The smallest absolute Gasteiger partial charge is 0.0240 e. The quantitative estimate of drug-likeness (QED) is 0.635. The van der Waals surface area contributed by atoms with Crippen LogP contribution in [0.4, 0.5) is 0 Å². The van der Waals surface area contributed by atoms with Gasteiger partial charge in [0.05, 0.1) is 0 Å². The molecule has 100 valence electrons. The molecule has 0 aliphatic heterocycles. The molecule has 16 heavy (non-hydrogen) atoms. The van der Waals surface area contributed by atoms with Crippen LogP contribution in [0.25, 0.3) is 0 Å². The number of hydrogen-bond acceptors (Lipinski definition) is 2. The molecular weight excluding hydrogens is 196 g/mol. The molecule has 0 bridgehead atoms. The van der Waals surface area contributed by atoms with Crippen molar-refractivity contribution in [2.45, 2.75) is 73.6 Å². The maximum atomic E-state index is 5.74. The van der Waals surface area contributed by atoms with E-state index in [4.69, 9.17) is 5.73 Å². The van der Waals surface area contributed by atoms with Crippen molar-refractivity contribution < 1.29 is 0 Å². The maximum Gasteiger partial charge on any atom is 0.0240 e. The largest absolute Gasteiger partial charge is 0.401 e. The summed E-state index contributed by atoms with van der Waals surface area (Å²) in [6, 6.07) is 0. The van der Waals surface area contributed by atoms with Crippen LogP contribution in [0.2, 0.25) is 0 Å². The van der Waals surface area contributed by atoms with Gasteiger partial charge in [0.1, 0.15) is 0 Å². The van der Waals surface area contributed by atoms with Gasteiger partial charge < -0.3 is 11.1 Å². The minimum Gasteiger partial charge on any atom is -0.401 e. The summed E-state index contributed by atoms with van der Waals surface area (Å²) in [4.78, 5) is 0. The van der Waals surface area contributed by atoms with E-state index < -0.39 is 0 Å². The van der Waals surface area contributed by atoms with Crippen molar-refractivity contribution in [1.82, 2.24) is 5.32 Å². The number of nitrogens with two attached hydrogens (primary N) is 1. The van der Waals surface area contributed by atoms with Crippen molar-refractivity contribution in [3.63, 3.8) is 0 Å². The Bertz CT molecular complexity index is 120. The molecule has 0 aliphatic rings. The van der Waals surface area contributed by atoms with Crippen LogP contribution in [0.3, 0.4) is 0 Å². The maximum absolute atomic E-state index is 5.74. The fourth-order valence-corrected chi connectivity index (χ4v) is 1.06. The van der Waals surface area contributed by atoms with Crippen molar-refractivity contribution in [3.05, 3.63) is 11.9 Å². The minimum absolute atomic E-state index is 0.954. The van der Waals surface area contributed by atoms with Crippen LogP contribution in [0.1, 0.15) is 73.6 Å². The highest BCUT2D eigenvalue weighted by Crippen LogP contribution is 2.05. The second-order valence-electron chi connectivity index (χ2n) is 3.09. The Morgan fingerprint density at radius 2 is 1.56 bits per heavy atom. The van der Waals surface area contributed by atoms with E-state index in [-0.39, 0.29) is 0 Å². The highest BCUT2D eigenvalue weighted by molar-refractivity contribution is 4.94. The van der Waals surface area contributed by atoms with E-state index in [0.717, 1.165) is 18.7 Å². The van der Waals surface area contributed by atoms with Crippen molar-refractivity contribution in [2.24, 2.45) is 5.73 Å². The molecular formula is C14H34N2. The monoisotopic (exact) mass is 230 g/mol. The lowest BCUT2D eigenvalue weighted by atomic mass is 10.1. The summed E-state index contributed by atoms with van der Waals surface area (Å²) in [5.74, 6) is 0. The third kappa shape index (κ3) is 23.3. The minimum atomic E-state index is 0.954. The Hall–Kier alpha value is -0.660. The van der Waals surface area contributed by atoms with Crippen molar-refractivity contribution >= 4 is 0 Å². The third-order valence-corrected chi connectivity index (χ3v) is 1.81. The Balaban J connectivity index is -0.000000376. The first kappa shape index (κ1) is 20.7. The normalized spacial score (nSPS) is 9.50. The molecule has 0 spiro atoms. The molecule has 0 aromatic heterocycles. The summed E-state index contributed by atoms with van der Waals surface area (Å²) in [5, 5.41) is 3.10. The van der Waals surface area contributed by atoms with Gasteiger partial charge in [-0.2, -0.15) is 0 Å². The molecule has 2 heteroatoms. The van der Waals surface area contributed by atoms with E-state index in [1.54, 1.807) is 0 Å². The van der Waals surface area contributed by atoms with Crippen LogP contribution in [-0.4, -0.2) is 6.54 Å². The zero-order valence-corrected chi connectivity index (χ0v) is 12.4. The molecule has 3 N–H and O–H groups in total. The molecule has 0 aromatic carbocycles. The molecule has 0 saturated heterocycles. The van der Waals surface area contributed by atoms with Crippen molar-refractivity contribution in [2.75, 3.05) is 6.54 Å². The highest BCUT2D eigenvalue weighted by atomic mass is 14.8. The van der Waals surface area contributed by atoms with E-state index >= 15 is 0 Å². The standard InChI is InChI=1S/C10H22N2.2C2H6/c1-3-5-6-7-8-10(11)9-12-4-2;2*1-2/h9,12H,3-8,11H2,1-2H3;2*1-2H3/b10-9-;;. The molecule has 0 aromatic rings. The molecule has 0 unspecified atom stereocenters. The van der Waals surface area contributed by atoms with Crippen LogP contribution >= 0.6 is 0 Å². The zero-order valence-electron chi connectivity index (χ0n) is 12.4. The molecule has 0 amide bonds. The lowest BCUT2D eigenvalue weighted by Gasteiger charge is -2.01. The predicted molar refractivity (Wildman–Crippen MR) is 77.4 cm³/mol. The van der Waals surface area contributed by atoms with Gasteiger partial charge in [-0.05, 0) is 19.8 Å². The second-order valence-corrected chi connectivity index (χ2v) is 3.09. The number of hydrogen-bond donors (Lipinski definition) is 2. The van der Waals surface area contributed by atoms with Gasteiger partial charge in [-0.25, -0.2) is 0 Å². The SMILES string of the molecule is CC.CC.CCCCCC/C(N)=C/NCC. The molecule has 0 saturated carbocycles. The van der Waals surface area contributed by atoms with Gasteiger partial charge in [-0.15, -0.1) is 0 Å². The number of unbranched alkanes of at least 4 members (excludes halogenated alkanes) is 3. The molecule has 0 aliphatic carbocycles. The summed E-state index contributed by atoms with van der Waals surface area (Å²) < 4.78 is 0. The summed E-state index contributed by atoms with van der Waals surface area (Å²) in [7, 11) is 0. The van der Waals surface area contributed by atoms with Gasteiger partial charge in [0, 0.05) is 18.4 Å². The van der Waals surface area contributed by atoms with Crippen LogP contribution < -0.4 is 11.1 Å². The lowest BCUT2D eigenvalue weighted by molar-refractivity contribution is 0.659. The Morgan fingerprint density at radius 3 is 2.00 bits per heavy atom. The summed E-state index contributed by atoms with van der Waals surface area (Å²) >= 11 is 0. The second kappa shape index (κ2) is 23.9. The van der Waals surface area contributed by atoms with Gasteiger partial charge in [-0.3, -0.25) is 0 Å². The van der Waals surface area contributed by atoms with Gasteiger partial charge in [0.25, 0.3) is 0 Å². The van der Waals surface area contributed by atoms with Crippen LogP contribution in [0.15, 0.2) is 11.9 Å². The number of nitrogens with one attached hydrogen (secondary N) is 1. The first-order valence-corrected chi connectivity index (χ1v) is 6.99. The predicted octanol–water partition coefficient (Wildman–Crippen LogP) is 4.42. The average molecular weight is 230 g/mol. The molecule has 0 rings (SSSR count). The van der Waals surface area contributed by atoms with Crippen LogP contribution in [-0.2, 0) is 0 Å². The van der Waals surface area contributed by atoms with Crippen LogP contribution in [0.5, 0.6) is 0 Å². The van der Waals surface area contributed by atoms with Gasteiger partial charge in [0.2, 0.25) is 0 Å². The average Bonchev–Trinajstić information content (AvgIpc) is 2.37. The highest BCUT2D eigenvalue weighted by Gasteiger charge is 1.90. The van der Waals surface area contributed by atoms with Gasteiger partial charge in [-0.1, -0.05) is 53.9 Å². The fraction of sp³-hybridized carbons (Fsp3) is 0.857. The van der Waals surface area contributed by atoms with E-state index in [9.17, 15) is 0 Å². The lowest BCUT2D eigenvalue weighted by Crippen LogP contribution is -2.08. The molecule has 0 heterocycles. The van der Waals surface area contributed by atoms with Gasteiger partial charge >= 0.3 is 0 Å². The molecule has 0 fully saturated rings. The first-order chi connectivity index (χ1) is 7.81.